The molecule has 0 saturated heterocycles. The molecule has 0 unspecified atom stereocenters. The van der Waals surface area contributed by atoms with Crippen LogP contribution in [0.5, 0.6) is 0 Å². The molecule has 0 amide bonds. The second-order valence-electron chi connectivity index (χ2n) is 4.59. The Labute approximate surface area is 120 Å². The maximum absolute atomic E-state index is 5.98. The molecule has 0 spiro atoms. The van der Waals surface area contributed by atoms with E-state index in [0.29, 0.717) is 21.9 Å². The van der Waals surface area contributed by atoms with Gasteiger partial charge in [-0.1, -0.05) is 11.6 Å². The van der Waals surface area contributed by atoms with Crippen molar-refractivity contribution in [1.82, 2.24) is 19.7 Å². The molecule has 0 bridgehead atoms. The van der Waals surface area contributed by atoms with Crippen LogP contribution in [-0.4, -0.2) is 19.7 Å². The van der Waals surface area contributed by atoms with Gasteiger partial charge >= 0.3 is 0 Å². The summed E-state index contributed by atoms with van der Waals surface area (Å²) in [6, 6.07) is 5.56. The van der Waals surface area contributed by atoms with Crippen LogP contribution in [0.15, 0.2) is 18.2 Å². The number of aryl methyl sites for hydroxylation is 2. The van der Waals surface area contributed by atoms with Gasteiger partial charge in [-0.05, 0) is 37.6 Å². The molecule has 20 heavy (non-hydrogen) atoms. The third-order valence-electron chi connectivity index (χ3n) is 3.13. The number of anilines is 2. The van der Waals surface area contributed by atoms with E-state index in [1.165, 1.54) is 0 Å². The minimum atomic E-state index is 0.128. The predicted molar refractivity (Wildman–Crippen MR) is 80.0 cm³/mol. The van der Waals surface area contributed by atoms with E-state index in [9.17, 15) is 0 Å². The fourth-order valence-corrected chi connectivity index (χ4v) is 2.48. The Balaban J connectivity index is 2.37. The van der Waals surface area contributed by atoms with Crippen molar-refractivity contribution < 1.29 is 0 Å². The normalized spacial score (nSPS) is 11.2. The van der Waals surface area contributed by atoms with Crippen LogP contribution < -0.4 is 11.5 Å². The monoisotopic (exact) mass is 288 g/mol. The highest BCUT2D eigenvalue weighted by molar-refractivity contribution is 6.30. The van der Waals surface area contributed by atoms with Gasteiger partial charge < -0.3 is 11.5 Å². The zero-order chi connectivity index (χ0) is 14.4. The van der Waals surface area contributed by atoms with Crippen LogP contribution in [0.25, 0.3) is 16.7 Å². The Kier molecular flexibility index (Phi) is 2.76. The summed E-state index contributed by atoms with van der Waals surface area (Å²) in [4.78, 5) is 8.23. The molecular formula is C13H13ClN6. The first kappa shape index (κ1) is 12.7. The number of fused-ring (bicyclic) bond motifs is 1. The van der Waals surface area contributed by atoms with Gasteiger partial charge in [-0.3, -0.25) is 0 Å². The third kappa shape index (κ3) is 1.85. The first-order valence-electron chi connectivity index (χ1n) is 6.02. The molecule has 1 aromatic carbocycles. The van der Waals surface area contributed by atoms with Gasteiger partial charge in [0.1, 0.15) is 5.82 Å². The molecule has 2 heterocycles. The average Bonchev–Trinajstić information content (AvgIpc) is 2.66. The minimum Gasteiger partial charge on any atom is -0.383 e. The molecule has 102 valence electrons. The van der Waals surface area contributed by atoms with Gasteiger partial charge in [0.25, 0.3) is 0 Å². The van der Waals surface area contributed by atoms with Gasteiger partial charge in [0.05, 0.1) is 16.8 Å². The van der Waals surface area contributed by atoms with Gasteiger partial charge in [-0.25, -0.2) is 4.68 Å². The molecule has 7 heteroatoms. The number of benzene rings is 1. The van der Waals surface area contributed by atoms with Crippen molar-refractivity contribution in [1.29, 1.82) is 0 Å². The van der Waals surface area contributed by atoms with E-state index in [-0.39, 0.29) is 5.95 Å². The van der Waals surface area contributed by atoms with E-state index < -0.39 is 0 Å². The van der Waals surface area contributed by atoms with E-state index >= 15 is 0 Å². The van der Waals surface area contributed by atoms with Crippen LogP contribution in [0, 0.1) is 13.8 Å². The number of hydrogen-bond donors (Lipinski definition) is 2. The fraction of sp³-hybridized carbons (Fsp3) is 0.154. The van der Waals surface area contributed by atoms with E-state index in [4.69, 9.17) is 23.1 Å². The first-order chi connectivity index (χ1) is 9.47. The Hall–Kier alpha value is -2.34. The highest BCUT2D eigenvalue weighted by atomic mass is 35.5. The lowest BCUT2D eigenvalue weighted by Gasteiger charge is -2.07. The van der Waals surface area contributed by atoms with Crippen LogP contribution in [-0.2, 0) is 0 Å². The molecular weight excluding hydrogens is 276 g/mol. The SMILES string of the molecule is Cc1cc(Cl)ccc1-n1nc(C)c2c(N)nc(N)nc21. The van der Waals surface area contributed by atoms with Gasteiger partial charge in [0, 0.05) is 5.02 Å². The van der Waals surface area contributed by atoms with Crippen molar-refractivity contribution >= 4 is 34.4 Å². The quantitative estimate of drug-likeness (QED) is 0.716. The Morgan fingerprint density at radius 3 is 2.60 bits per heavy atom. The zero-order valence-electron chi connectivity index (χ0n) is 11.1. The summed E-state index contributed by atoms with van der Waals surface area (Å²) < 4.78 is 1.71. The molecule has 6 nitrogen and oxygen atoms in total. The van der Waals surface area contributed by atoms with Gasteiger partial charge in [-0.2, -0.15) is 15.1 Å². The van der Waals surface area contributed by atoms with Crippen LogP contribution in [0.3, 0.4) is 0 Å². The van der Waals surface area contributed by atoms with Crippen LogP contribution in [0.4, 0.5) is 11.8 Å². The smallest absolute Gasteiger partial charge is 0.224 e. The molecule has 4 N–H and O–H groups in total. The number of nitrogens with zero attached hydrogens (tertiary/aromatic N) is 4. The highest BCUT2D eigenvalue weighted by Crippen LogP contribution is 2.27. The minimum absolute atomic E-state index is 0.128. The topological polar surface area (TPSA) is 95.6 Å². The molecule has 0 saturated carbocycles. The molecule has 2 aromatic heterocycles. The predicted octanol–water partition coefficient (Wildman–Crippen LogP) is 2.25. The summed E-state index contributed by atoms with van der Waals surface area (Å²) in [5.74, 6) is 0.464. The third-order valence-corrected chi connectivity index (χ3v) is 3.37. The Morgan fingerprint density at radius 2 is 1.90 bits per heavy atom. The Morgan fingerprint density at radius 1 is 1.15 bits per heavy atom. The lowest BCUT2D eigenvalue weighted by Crippen LogP contribution is -2.04. The van der Waals surface area contributed by atoms with Crippen LogP contribution in [0.1, 0.15) is 11.3 Å². The van der Waals surface area contributed by atoms with E-state index in [1.54, 1.807) is 10.7 Å². The Bertz CT molecular complexity index is 823. The highest BCUT2D eigenvalue weighted by Gasteiger charge is 2.16. The number of hydrogen-bond acceptors (Lipinski definition) is 5. The van der Waals surface area contributed by atoms with E-state index in [0.717, 1.165) is 16.9 Å². The summed E-state index contributed by atoms with van der Waals surface area (Å²) in [6.45, 7) is 3.82. The molecule has 0 aliphatic carbocycles. The first-order valence-corrected chi connectivity index (χ1v) is 6.40. The zero-order valence-corrected chi connectivity index (χ0v) is 11.8. The summed E-state index contributed by atoms with van der Waals surface area (Å²) in [5, 5.41) is 5.88. The number of halogens is 1. The summed E-state index contributed by atoms with van der Waals surface area (Å²) >= 11 is 5.98. The second-order valence-corrected chi connectivity index (χ2v) is 5.03. The lowest BCUT2D eigenvalue weighted by atomic mass is 10.2. The van der Waals surface area contributed by atoms with Gasteiger partial charge in [-0.15, -0.1) is 0 Å². The molecule has 0 fully saturated rings. The van der Waals surface area contributed by atoms with Gasteiger partial charge in [0.15, 0.2) is 5.65 Å². The number of rotatable bonds is 1. The van der Waals surface area contributed by atoms with Crippen molar-refractivity contribution in [3.05, 3.63) is 34.5 Å². The standard InChI is InChI=1S/C13H13ClN6/c1-6-5-8(14)3-4-9(6)20-12-10(7(2)19-20)11(15)17-13(16)18-12/h3-5H,1-2H3,(H4,15,16,17,18). The molecule has 0 atom stereocenters. The number of nitrogen functional groups attached to an aromatic ring is 2. The van der Waals surface area contributed by atoms with Crippen molar-refractivity contribution in [2.24, 2.45) is 0 Å². The van der Waals surface area contributed by atoms with Crippen LogP contribution in [0.2, 0.25) is 5.02 Å². The molecule has 0 aliphatic heterocycles. The fourth-order valence-electron chi connectivity index (χ4n) is 2.26. The number of aromatic nitrogens is 4. The second kappa shape index (κ2) is 4.35. The van der Waals surface area contributed by atoms with Crippen molar-refractivity contribution in [3.8, 4) is 5.69 Å². The maximum atomic E-state index is 5.98. The maximum Gasteiger partial charge on any atom is 0.224 e. The average molecular weight is 289 g/mol. The van der Waals surface area contributed by atoms with E-state index in [2.05, 4.69) is 15.1 Å². The largest absolute Gasteiger partial charge is 0.383 e. The van der Waals surface area contributed by atoms with Crippen LogP contribution >= 0.6 is 11.6 Å². The van der Waals surface area contributed by atoms with Crippen molar-refractivity contribution in [3.63, 3.8) is 0 Å². The number of nitrogens with two attached hydrogens (primary N) is 2. The van der Waals surface area contributed by atoms with Crippen molar-refractivity contribution in [2.45, 2.75) is 13.8 Å². The van der Waals surface area contributed by atoms with Crippen molar-refractivity contribution in [2.75, 3.05) is 11.5 Å². The molecule has 3 aromatic rings. The summed E-state index contributed by atoms with van der Waals surface area (Å²) in [5.41, 5.74) is 14.8. The molecule has 0 aliphatic rings. The molecule has 0 radical (unpaired) electrons. The summed E-state index contributed by atoms with van der Waals surface area (Å²) in [7, 11) is 0. The van der Waals surface area contributed by atoms with E-state index in [1.807, 2.05) is 26.0 Å². The summed E-state index contributed by atoms with van der Waals surface area (Å²) in [6.07, 6.45) is 0. The lowest BCUT2D eigenvalue weighted by molar-refractivity contribution is 0.870. The molecule has 3 rings (SSSR count). The van der Waals surface area contributed by atoms with Gasteiger partial charge in [0.2, 0.25) is 5.95 Å².